The van der Waals surface area contributed by atoms with Crippen LogP contribution >= 0.6 is 0 Å². The van der Waals surface area contributed by atoms with Crippen molar-refractivity contribution >= 4 is 0 Å². The fourth-order valence-corrected chi connectivity index (χ4v) is 2.97. The Hall–Kier alpha value is -0.960. The van der Waals surface area contributed by atoms with Crippen LogP contribution in [0.25, 0.3) is 0 Å². The summed E-state index contributed by atoms with van der Waals surface area (Å²) in [5.41, 5.74) is 0.974. The summed E-state index contributed by atoms with van der Waals surface area (Å²) in [4.78, 5) is 3.95. The van der Waals surface area contributed by atoms with Gasteiger partial charge in [0.2, 0.25) is 0 Å². The van der Waals surface area contributed by atoms with Crippen LogP contribution in [-0.4, -0.2) is 12.0 Å². The summed E-state index contributed by atoms with van der Waals surface area (Å²) in [6.07, 6.45) is 12.2. The lowest BCUT2D eigenvalue weighted by molar-refractivity contribution is 0.367. The van der Waals surface area contributed by atoms with Crippen LogP contribution in [0.4, 0.5) is 4.39 Å². The van der Waals surface area contributed by atoms with Gasteiger partial charge in [0.15, 0.2) is 0 Å². The lowest BCUT2D eigenvalue weighted by Crippen LogP contribution is -2.20. The molecule has 1 saturated carbocycles. The molecule has 1 N–H and O–H groups in total. The van der Waals surface area contributed by atoms with E-state index in [-0.39, 0.29) is 11.9 Å². The summed E-state index contributed by atoms with van der Waals surface area (Å²) in [7, 11) is 1.95. The molecule has 0 spiro atoms. The predicted molar refractivity (Wildman–Crippen MR) is 71.8 cm³/mol. The Kier molecular flexibility index (Phi) is 5.12. The normalized spacial score (nSPS) is 19.4. The summed E-state index contributed by atoms with van der Waals surface area (Å²) in [5, 5.41) is 3.31. The SMILES string of the molecule is CNC(CC1CCCCCC1)c1cncc(F)c1. The monoisotopic (exact) mass is 250 g/mol. The molecule has 0 aromatic carbocycles. The number of hydrogen-bond donors (Lipinski definition) is 1. The third kappa shape index (κ3) is 3.77. The van der Waals surface area contributed by atoms with Gasteiger partial charge in [-0.3, -0.25) is 4.98 Å². The van der Waals surface area contributed by atoms with Gasteiger partial charge in [0.05, 0.1) is 6.20 Å². The minimum atomic E-state index is -0.242. The van der Waals surface area contributed by atoms with Crippen molar-refractivity contribution in [3.8, 4) is 0 Å². The van der Waals surface area contributed by atoms with Crippen molar-refractivity contribution < 1.29 is 4.39 Å². The van der Waals surface area contributed by atoms with Crippen LogP contribution < -0.4 is 5.32 Å². The number of hydrogen-bond acceptors (Lipinski definition) is 2. The van der Waals surface area contributed by atoms with Crippen LogP contribution in [-0.2, 0) is 0 Å². The molecular weight excluding hydrogens is 227 g/mol. The molecule has 1 unspecified atom stereocenters. The zero-order chi connectivity index (χ0) is 12.8. The molecular formula is C15H23FN2. The van der Waals surface area contributed by atoms with Crippen LogP contribution in [0.5, 0.6) is 0 Å². The van der Waals surface area contributed by atoms with E-state index >= 15 is 0 Å². The molecule has 18 heavy (non-hydrogen) atoms. The van der Waals surface area contributed by atoms with Crippen LogP contribution in [0.3, 0.4) is 0 Å². The maximum absolute atomic E-state index is 13.2. The van der Waals surface area contributed by atoms with E-state index in [0.29, 0.717) is 0 Å². The van der Waals surface area contributed by atoms with Gasteiger partial charge >= 0.3 is 0 Å². The maximum atomic E-state index is 13.2. The summed E-state index contributed by atoms with van der Waals surface area (Å²) in [6.45, 7) is 0. The molecule has 3 heteroatoms. The second kappa shape index (κ2) is 6.83. The number of rotatable bonds is 4. The summed E-state index contributed by atoms with van der Waals surface area (Å²) >= 11 is 0. The summed E-state index contributed by atoms with van der Waals surface area (Å²) < 4.78 is 13.2. The van der Waals surface area contributed by atoms with Crippen molar-refractivity contribution in [1.29, 1.82) is 0 Å². The first-order chi connectivity index (χ1) is 8.79. The lowest BCUT2D eigenvalue weighted by atomic mass is 9.90. The molecule has 1 heterocycles. The smallest absolute Gasteiger partial charge is 0.141 e. The average Bonchev–Trinajstić information content (AvgIpc) is 2.64. The van der Waals surface area contributed by atoms with E-state index < -0.39 is 0 Å². The molecule has 1 aromatic rings. The molecule has 1 fully saturated rings. The van der Waals surface area contributed by atoms with Crippen LogP contribution in [0.15, 0.2) is 18.5 Å². The lowest BCUT2D eigenvalue weighted by Gasteiger charge is -2.22. The van der Waals surface area contributed by atoms with Gasteiger partial charge in [-0.15, -0.1) is 0 Å². The average molecular weight is 250 g/mol. The Labute approximate surface area is 109 Å². The highest BCUT2D eigenvalue weighted by molar-refractivity contribution is 5.15. The van der Waals surface area contributed by atoms with Crippen LogP contribution in [0, 0.1) is 11.7 Å². The van der Waals surface area contributed by atoms with E-state index in [4.69, 9.17) is 0 Å². The number of nitrogens with one attached hydrogen (secondary N) is 1. The van der Waals surface area contributed by atoms with E-state index in [2.05, 4.69) is 10.3 Å². The zero-order valence-corrected chi connectivity index (χ0v) is 11.2. The van der Waals surface area contributed by atoms with Gasteiger partial charge in [0.1, 0.15) is 5.82 Å². The molecule has 0 radical (unpaired) electrons. The van der Waals surface area contributed by atoms with Crippen molar-refractivity contribution in [2.24, 2.45) is 5.92 Å². The Morgan fingerprint density at radius 2 is 2.00 bits per heavy atom. The Morgan fingerprint density at radius 3 is 2.61 bits per heavy atom. The standard InChI is InChI=1S/C15H23FN2/c1-17-15(13-9-14(16)11-18-10-13)8-12-6-4-2-3-5-7-12/h9-12,15,17H,2-8H2,1H3. The Bertz CT molecular complexity index is 359. The van der Waals surface area contributed by atoms with Crippen molar-refractivity contribution in [2.45, 2.75) is 51.0 Å². The molecule has 0 amide bonds. The van der Waals surface area contributed by atoms with Gasteiger partial charge < -0.3 is 5.32 Å². The molecule has 1 aliphatic rings. The topological polar surface area (TPSA) is 24.9 Å². The van der Waals surface area contributed by atoms with Gasteiger partial charge in [0, 0.05) is 12.2 Å². The molecule has 100 valence electrons. The Balaban J connectivity index is 1.99. The molecule has 0 aliphatic heterocycles. The van der Waals surface area contributed by atoms with E-state index in [0.717, 1.165) is 17.9 Å². The van der Waals surface area contributed by atoms with E-state index in [9.17, 15) is 4.39 Å². The summed E-state index contributed by atoms with van der Waals surface area (Å²) in [5.74, 6) is 0.529. The van der Waals surface area contributed by atoms with Gasteiger partial charge in [-0.2, -0.15) is 0 Å². The molecule has 2 nitrogen and oxygen atoms in total. The van der Waals surface area contributed by atoms with Crippen molar-refractivity contribution in [3.63, 3.8) is 0 Å². The van der Waals surface area contributed by atoms with Gasteiger partial charge in [-0.25, -0.2) is 4.39 Å². The number of halogens is 1. The van der Waals surface area contributed by atoms with Gasteiger partial charge in [-0.05, 0) is 31.0 Å². The molecule has 1 aromatic heterocycles. The summed E-state index contributed by atoms with van der Waals surface area (Å²) in [6, 6.07) is 1.83. The first kappa shape index (κ1) is 13.5. The van der Waals surface area contributed by atoms with Crippen molar-refractivity contribution in [3.05, 3.63) is 29.8 Å². The minimum absolute atomic E-state index is 0.233. The first-order valence-electron chi connectivity index (χ1n) is 7.07. The van der Waals surface area contributed by atoms with Crippen molar-refractivity contribution in [1.82, 2.24) is 10.3 Å². The first-order valence-corrected chi connectivity index (χ1v) is 7.07. The predicted octanol–water partition coefficient (Wildman–Crippen LogP) is 3.84. The Morgan fingerprint density at radius 1 is 1.28 bits per heavy atom. The highest BCUT2D eigenvalue weighted by Crippen LogP contribution is 2.30. The second-order valence-electron chi connectivity index (χ2n) is 5.37. The maximum Gasteiger partial charge on any atom is 0.141 e. The third-order valence-corrected chi connectivity index (χ3v) is 4.02. The molecule has 1 atom stereocenters. The molecule has 0 bridgehead atoms. The van der Waals surface area contributed by atoms with Crippen LogP contribution in [0.1, 0.15) is 56.6 Å². The number of pyridine rings is 1. The second-order valence-corrected chi connectivity index (χ2v) is 5.37. The van der Waals surface area contributed by atoms with Crippen LogP contribution in [0.2, 0.25) is 0 Å². The quantitative estimate of drug-likeness (QED) is 0.821. The number of aromatic nitrogens is 1. The van der Waals surface area contributed by atoms with E-state index in [1.165, 1.54) is 44.7 Å². The van der Waals surface area contributed by atoms with Crippen molar-refractivity contribution in [2.75, 3.05) is 7.05 Å². The highest BCUT2D eigenvalue weighted by Gasteiger charge is 2.18. The van der Waals surface area contributed by atoms with E-state index in [1.807, 2.05) is 7.05 Å². The van der Waals surface area contributed by atoms with Gasteiger partial charge in [-0.1, -0.05) is 38.5 Å². The third-order valence-electron chi connectivity index (χ3n) is 4.02. The molecule has 1 aliphatic carbocycles. The van der Waals surface area contributed by atoms with Gasteiger partial charge in [0.25, 0.3) is 0 Å². The largest absolute Gasteiger partial charge is 0.313 e. The fraction of sp³-hybridized carbons (Fsp3) is 0.667. The molecule has 2 rings (SSSR count). The minimum Gasteiger partial charge on any atom is -0.313 e. The van der Waals surface area contributed by atoms with E-state index in [1.54, 1.807) is 12.3 Å². The zero-order valence-electron chi connectivity index (χ0n) is 11.2. The fourth-order valence-electron chi connectivity index (χ4n) is 2.97. The molecule has 0 saturated heterocycles. The number of nitrogens with zero attached hydrogens (tertiary/aromatic N) is 1. The highest BCUT2D eigenvalue weighted by atomic mass is 19.1.